The van der Waals surface area contributed by atoms with Gasteiger partial charge in [-0.15, -0.1) is 0 Å². The molecular formula is C8H12N4O3S. The Labute approximate surface area is 96.5 Å². The van der Waals surface area contributed by atoms with E-state index < -0.39 is 4.92 Å². The van der Waals surface area contributed by atoms with E-state index >= 15 is 0 Å². The molecule has 0 bridgehead atoms. The van der Waals surface area contributed by atoms with Gasteiger partial charge in [-0.25, -0.2) is 9.97 Å². The fourth-order valence-corrected chi connectivity index (χ4v) is 1.79. The second-order valence-corrected chi connectivity index (χ2v) is 3.82. The number of nitro groups is 1. The number of anilines is 1. The largest absolute Gasteiger partial charge is 0.396 e. The Kier molecular flexibility index (Phi) is 4.93. The molecule has 0 atom stereocenters. The van der Waals surface area contributed by atoms with Gasteiger partial charge in [0.25, 0.3) is 0 Å². The second kappa shape index (κ2) is 6.23. The van der Waals surface area contributed by atoms with Crippen molar-refractivity contribution in [2.75, 3.05) is 24.2 Å². The van der Waals surface area contributed by atoms with Crippen LogP contribution in [0.3, 0.4) is 0 Å². The van der Waals surface area contributed by atoms with E-state index in [1.165, 1.54) is 6.33 Å². The summed E-state index contributed by atoms with van der Waals surface area (Å²) in [6.45, 7) is 2.32. The van der Waals surface area contributed by atoms with Gasteiger partial charge in [0.1, 0.15) is 6.33 Å². The van der Waals surface area contributed by atoms with Crippen LogP contribution >= 0.6 is 11.8 Å². The van der Waals surface area contributed by atoms with Crippen molar-refractivity contribution in [3.8, 4) is 0 Å². The highest BCUT2D eigenvalue weighted by Gasteiger charge is 2.22. The maximum absolute atomic E-state index is 10.9. The average Bonchev–Trinajstić information content (AvgIpc) is 2.26. The first-order valence-corrected chi connectivity index (χ1v) is 5.66. The summed E-state index contributed by atoms with van der Waals surface area (Å²) in [5.41, 5.74) is -0.136. The summed E-state index contributed by atoms with van der Waals surface area (Å²) >= 11 is 1.13. The monoisotopic (exact) mass is 244 g/mol. The molecule has 1 aromatic rings. The van der Waals surface area contributed by atoms with E-state index in [0.717, 1.165) is 11.8 Å². The molecule has 0 aliphatic carbocycles. The van der Waals surface area contributed by atoms with E-state index in [-0.39, 0.29) is 23.1 Å². The molecule has 0 aliphatic rings. The van der Waals surface area contributed by atoms with Gasteiger partial charge in [-0.1, -0.05) is 11.8 Å². The molecule has 1 heterocycles. The molecule has 1 aromatic heterocycles. The van der Waals surface area contributed by atoms with Crippen LogP contribution in [0.4, 0.5) is 11.5 Å². The van der Waals surface area contributed by atoms with Crippen molar-refractivity contribution in [1.82, 2.24) is 9.97 Å². The van der Waals surface area contributed by atoms with Crippen LogP contribution in [0.2, 0.25) is 0 Å². The Morgan fingerprint density at radius 1 is 1.62 bits per heavy atom. The standard InChI is InChI=1S/C8H12N4O3S/c1-2-9-7-6(12(14)15)8(11-5-10-7)16-4-3-13/h5,13H,2-4H2,1H3,(H,9,10,11). The molecular weight excluding hydrogens is 232 g/mol. The van der Waals surface area contributed by atoms with Gasteiger partial charge in [0.2, 0.25) is 5.82 Å². The zero-order chi connectivity index (χ0) is 12.0. The van der Waals surface area contributed by atoms with Crippen LogP contribution in [0.15, 0.2) is 11.4 Å². The molecule has 0 radical (unpaired) electrons. The van der Waals surface area contributed by atoms with Gasteiger partial charge in [0.15, 0.2) is 5.03 Å². The lowest BCUT2D eigenvalue weighted by Crippen LogP contribution is -2.06. The first kappa shape index (κ1) is 12.7. The number of hydrogen-bond donors (Lipinski definition) is 2. The zero-order valence-corrected chi connectivity index (χ0v) is 9.53. The van der Waals surface area contributed by atoms with Gasteiger partial charge in [-0.3, -0.25) is 10.1 Å². The van der Waals surface area contributed by atoms with Gasteiger partial charge in [0, 0.05) is 12.3 Å². The van der Waals surface area contributed by atoms with Crippen molar-refractivity contribution in [1.29, 1.82) is 0 Å². The average molecular weight is 244 g/mol. The van der Waals surface area contributed by atoms with Crippen LogP contribution < -0.4 is 5.32 Å². The van der Waals surface area contributed by atoms with Gasteiger partial charge in [-0.05, 0) is 6.92 Å². The summed E-state index contributed by atoms with van der Waals surface area (Å²) in [6, 6.07) is 0. The third kappa shape index (κ3) is 3.04. The first-order chi connectivity index (χ1) is 7.70. The maximum Gasteiger partial charge on any atom is 0.343 e. The Morgan fingerprint density at radius 2 is 2.38 bits per heavy atom. The molecule has 7 nitrogen and oxygen atoms in total. The number of rotatable bonds is 6. The molecule has 0 unspecified atom stereocenters. The van der Waals surface area contributed by atoms with Crippen LogP contribution in [0.5, 0.6) is 0 Å². The van der Waals surface area contributed by atoms with Crippen LogP contribution in [0, 0.1) is 10.1 Å². The Balaban J connectivity index is 3.05. The van der Waals surface area contributed by atoms with Gasteiger partial charge in [-0.2, -0.15) is 0 Å². The lowest BCUT2D eigenvalue weighted by Gasteiger charge is -2.05. The summed E-state index contributed by atoms with van der Waals surface area (Å²) in [7, 11) is 0. The van der Waals surface area contributed by atoms with Crippen LogP contribution in [-0.4, -0.2) is 38.9 Å². The first-order valence-electron chi connectivity index (χ1n) is 4.67. The SMILES string of the molecule is CCNc1ncnc(SCCO)c1[N+](=O)[O-]. The lowest BCUT2D eigenvalue weighted by atomic mass is 10.5. The van der Waals surface area contributed by atoms with Crippen molar-refractivity contribution in [3.63, 3.8) is 0 Å². The highest BCUT2D eigenvalue weighted by Crippen LogP contribution is 2.31. The summed E-state index contributed by atoms with van der Waals surface area (Å²) in [5, 5.41) is 22.6. The van der Waals surface area contributed by atoms with Crippen LogP contribution in [0.25, 0.3) is 0 Å². The smallest absolute Gasteiger partial charge is 0.343 e. The molecule has 1 rings (SSSR count). The van der Waals surface area contributed by atoms with E-state index in [1.807, 2.05) is 6.92 Å². The quantitative estimate of drug-likeness (QED) is 0.332. The number of aliphatic hydroxyl groups excluding tert-OH is 1. The van der Waals surface area contributed by atoms with Crippen molar-refractivity contribution in [2.24, 2.45) is 0 Å². The number of aliphatic hydroxyl groups is 1. The second-order valence-electron chi connectivity index (χ2n) is 2.74. The van der Waals surface area contributed by atoms with Crippen molar-refractivity contribution < 1.29 is 10.0 Å². The highest BCUT2D eigenvalue weighted by molar-refractivity contribution is 7.99. The lowest BCUT2D eigenvalue weighted by molar-refractivity contribution is -0.387. The van der Waals surface area contributed by atoms with Crippen molar-refractivity contribution in [3.05, 3.63) is 16.4 Å². The van der Waals surface area contributed by atoms with Crippen molar-refractivity contribution >= 4 is 23.3 Å². The van der Waals surface area contributed by atoms with Crippen LogP contribution in [-0.2, 0) is 0 Å². The summed E-state index contributed by atoms with van der Waals surface area (Å²) in [6.07, 6.45) is 1.27. The molecule has 0 amide bonds. The number of nitrogens with zero attached hydrogens (tertiary/aromatic N) is 3. The summed E-state index contributed by atoms with van der Waals surface area (Å²) in [5.74, 6) is 0.576. The number of nitrogens with one attached hydrogen (secondary N) is 1. The molecule has 2 N–H and O–H groups in total. The topological polar surface area (TPSA) is 101 Å². The molecule has 0 saturated carbocycles. The number of thioether (sulfide) groups is 1. The molecule has 16 heavy (non-hydrogen) atoms. The van der Waals surface area contributed by atoms with Crippen LogP contribution in [0.1, 0.15) is 6.92 Å². The molecule has 8 heteroatoms. The number of aromatic nitrogens is 2. The minimum atomic E-state index is -0.516. The third-order valence-electron chi connectivity index (χ3n) is 1.65. The fourth-order valence-electron chi connectivity index (χ4n) is 1.07. The normalized spacial score (nSPS) is 10.1. The Bertz CT molecular complexity index is 374. The van der Waals surface area contributed by atoms with E-state index in [4.69, 9.17) is 5.11 Å². The van der Waals surface area contributed by atoms with E-state index in [2.05, 4.69) is 15.3 Å². The summed E-state index contributed by atoms with van der Waals surface area (Å²) in [4.78, 5) is 18.0. The number of hydrogen-bond acceptors (Lipinski definition) is 7. The minimum Gasteiger partial charge on any atom is -0.396 e. The predicted molar refractivity (Wildman–Crippen MR) is 60.7 cm³/mol. The summed E-state index contributed by atoms with van der Waals surface area (Å²) < 4.78 is 0. The minimum absolute atomic E-state index is 0.0532. The Morgan fingerprint density at radius 3 is 2.94 bits per heavy atom. The molecule has 0 aromatic carbocycles. The van der Waals surface area contributed by atoms with Gasteiger partial charge in [0.05, 0.1) is 11.5 Å². The molecule has 0 aliphatic heterocycles. The molecule has 0 fully saturated rings. The zero-order valence-electron chi connectivity index (χ0n) is 8.71. The van der Waals surface area contributed by atoms with E-state index in [9.17, 15) is 10.1 Å². The fraction of sp³-hybridized carbons (Fsp3) is 0.500. The van der Waals surface area contributed by atoms with E-state index in [0.29, 0.717) is 12.3 Å². The highest BCUT2D eigenvalue weighted by atomic mass is 32.2. The Hall–Kier alpha value is -1.41. The molecule has 0 saturated heterocycles. The van der Waals surface area contributed by atoms with Crippen molar-refractivity contribution in [2.45, 2.75) is 11.9 Å². The maximum atomic E-state index is 10.9. The molecule has 0 spiro atoms. The molecule has 88 valence electrons. The third-order valence-corrected chi connectivity index (χ3v) is 2.60. The van der Waals surface area contributed by atoms with Gasteiger partial charge < -0.3 is 10.4 Å². The van der Waals surface area contributed by atoms with Gasteiger partial charge >= 0.3 is 5.69 Å². The van der Waals surface area contributed by atoms with E-state index in [1.54, 1.807) is 0 Å². The predicted octanol–water partition coefficient (Wildman–Crippen LogP) is 0.901.